The first-order chi connectivity index (χ1) is 20.5. The molecular weight excluding hydrogens is 556 g/mol. The van der Waals surface area contributed by atoms with Gasteiger partial charge < -0.3 is 36.6 Å². The number of rotatable bonds is 6. The van der Waals surface area contributed by atoms with E-state index < -0.39 is 78.8 Å². The maximum Gasteiger partial charge on any atom is 0.246 e. The minimum absolute atomic E-state index is 0.0668. The number of aliphatic hydroxyl groups excluding tert-OH is 1. The molecule has 6 N–H and O–H groups in total. The van der Waals surface area contributed by atoms with E-state index in [-0.39, 0.29) is 18.3 Å². The van der Waals surface area contributed by atoms with Gasteiger partial charge in [0.2, 0.25) is 35.4 Å². The molecule has 0 spiro atoms. The quantitative estimate of drug-likeness (QED) is 0.241. The molecular formula is C30H44N6O7. The van der Waals surface area contributed by atoms with Crippen molar-refractivity contribution in [2.24, 2.45) is 11.8 Å². The first-order valence-electron chi connectivity index (χ1n) is 14.9. The average Bonchev–Trinajstić information content (AvgIpc) is 3.49. The van der Waals surface area contributed by atoms with Crippen LogP contribution in [0.3, 0.4) is 0 Å². The van der Waals surface area contributed by atoms with Crippen molar-refractivity contribution in [3.05, 3.63) is 35.9 Å². The Morgan fingerprint density at radius 1 is 0.837 bits per heavy atom. The maximum atomic E-state index is 13.7. The second-order valence-electron chi connectivity index (χ2n) is 11.6. The van der Waals surface area contributed by atoms with Crippen molar-refractivity contribution in [1.82, 2.24) is 31.5 Å². The van der Waals surface area contributed by atoms with Crippen LogP contribution in [0, 0.1) is 11.8 Å². The van der Waals surface area contributed by atoms with Crippen LogP contribution in [0.25, 0.3) is 0 Å². The standard InChI is InChI=1S/C30H44N6O7/c1-5-18(4)25-30(43)36-13-9-12-22(36)28(41)31-15-23(38)34-24(17(2)3)29(42)32-20(14-19-10-7-6-8-11-19)26(39)33-21(16-37)27(40)35-25/h6-8,10-11,17-18,20-22,24-25,37H,5,9,12-16H2,1-4H3,(H,31,41)(H,32,42)(H,33,39)(H,34,38)(H,35,40)/t18-,20+,21-,22+,24+,25+/m0/s1. The van der Waals surface area contributed by atoms with Crippen LogP contribution in [0.1, 0.15) is 52.5 Å². The largest absolute Gasteiger partial charge is 0.394 e. The van der Waals surface area contributed by atoms with Gasteiger partial charge in [-0.2, -0.15) is 0 Å². The number of nitrogens with zero attached hydrogens (tertiary/aromatic N) is 1. The number of fused-ring (bicyclic) bond motifs is 1. The fourth-order valence-corrected chi connectivity index (χ4v) is 5.25. The Balaban J connectivity index is 1.98. The van der Waals surface area contributed by atoms with E-state index in [2.05, 4.69) is 26.6 Å². The first kappa shape index (κ1) is 33.5. The number of carbonyl (C=O) groups excluding carboxylic acids is 6. The molecule has 0 unspecified atom stereocenters. The van der Waals surface area contributed by atoms with Gasteiger partial charge in [-0.3, -0.25) is 28.8 Å². The Morgan fingerprint density at radius 3 is 2.12 bits per heavy atom. The zero-order valence-electron chi connectivity index (χ0n) is 25.2. The van der Waals surface area contributed by atoms with Crippen molar-refractivity contribution in [1.29, 1.82) is 0 Å². The fraction of sp³-hybridized carbons (Fsp3) is 0.600. The predicted octanol–water partition coefficient (Wildman–Crippen LogP) is -1.02. The first-order valence-corrected chi connectivity index (χ1v) is 14.9. The van der Waals surface area contributed by atoms with Gasteiger partial charge in [0.1, 0.15) is 30.2 Å². The molecule has 2 aliphatic rings. The zero-order valence-corrected chi connectivity index (χ0v) is 25.2. The molecule has 0 radical (unpaired) electrons. The van der Waals surface area contributed by atoms with E-state index in [1.54, 1.807) is 51.1 Å². The molecule has 1 aromatic rings. The molecule has 1 aromatic carbocycles. The average molecular weight is 601 g/mol. The number of amides is 6. The molecule has 0 aliphatic carbocycles. The Bertz CT molecular complexity index is 1180. The van der Waals surface area contributed by atoms with Crippen LogP contribution in [0.4, 0.5) is 0 Å². The van der Waals surface area contributed by atoms with E-state index in [9.17, 15) is 33.9 Å². The lowest BCUT2D eigenvalue weighted by atomic mass is 9.96. The number of benzene rings is 1. The van der Waals surface area contributed by atoms with Gasteiger partial charge in [-0.25, -0.2) is 0 Å². The van der Waals surface area contributed by atoms with Gasteiger partial charge in [0.15, 0.2) is 0 Å². The third-order valence-corrected chi connectivity index (χ3v) is 8.04. The van der Waals surface area contributed by atoms with Crippen molar-refractivity contribution in [2.45, 2.75) is 83.6 Å². The lowest BCUT2D eigenvalue weighted by Crippen LogP contribution is -2.62. The van der Waals surface area contributed by atoms with E-state index in [1.165, 1.54) is 4.90 Å². The Labute approximate surface area is 251 Å². The Morgan fingerprint density at radius 2 is 1.49 bits per heavy atom. The normalized spacial score (nSPS) is 27.2. The monoisotopic (exact) mass is 600 g/mol. The molecule has 13 heteroatoms. The van der Waals surface area contributed by atoms with Crippen molar-refractivity contribution in [2.75, 3.05) is 19.7 Å². The number of hydrogen-bond acceptors (Lipinski definition) is 7. The Hall–Kier alpha value is -4.00. The molecule has 6 amide bonds. The van der Waals surface area contributed by atoms with E-state index in [4.69, 9.17) is 0 Å². The van der Waals surface area contributed by atoms with E-state index in [1.807, 2.05) is 6.92 Å². The lowest BCUT2D eigenvalue weighted by molar-refractivity contribution is -0.143. The minimum atomic E-state index is -1.42. The van der Waals surface area contributed by atoms with Gasteiger partial charge in [0, 0.05) is 13.0 Å². The van der Waals surface area contributed by atoms with Crippen molar-refractivity contribution >= 4 is 35.4 Å². The highest BCUT2D eigenvalue weighted by Crippen LogP contribution is 2.21. The van der Waals surface area contributed by atoms with Crippen LogP contribution >= 0.6 is 0 Å². The number of aliphatic hydroxyl groups is 1. The summed E-state index contributed by atoms with van der Waals surface area (Å²) < 4.78 is 0. The summed E-state index contributed by atoms with van der Waals surface area (Å²) in [6, 6.07) is 3.45. The lowest BCUT2D eigenvalue weighted by Gasteiger charge is -2.32. The van der Waals surface area contributed by atoms with Crippen molar-refractivity contribution in [3.8, 4) is 0 Å². The van der Waals surface area contributed by atoms with Gasteiger partial charge >= 0.3 is 0 Å². The summed E-state index contributed by atoms with van der Waals surface area (Å²) in [5, 5.41) is 23.2. The number of carbonyl (C=O) groups is 6. The molecule has 2 saturated heterocycles. The highest BCUT2D eigenvalue weighted by atomic mass is 16.3. The minimum Gasteiger partial charge on any atom is -0.394 e. The predicted molar refractivity (Wildman–Crippen MR) is 157 cm³/mol. The van der Waals surface area contributed by atoms with E-state index >= 15 is 0 Å². The summed E-state index contributed by atoms with van der Waals surface area (Å²) in [5.74, 6) is -4.39. The fourth-order valence-electron chi connectivity index (χ4n) is 5.25. The van der Waals surface area contributed by atoms with E-state index in [0.717, 1.165) is 5.56 Å². The van der Waals surface area contributed by atoms with Crippen molar-refractivity contribution in [3.63, 3.8) is 0 Å². The van der Waals surface area contributed by atoms with Gasteiger partial charge in [-0.15, -0.1) is 0 Å². The maximum absolute atomic E-state index is 13.7. The van der Waals surface area contributed by atoms with Crippen LogP contribution < -0.4 is 26.6 Å². The molecule has 0 saturated carbocycles. The summed E-state index contributed by atoms with van der Waals surface area (Å²) in [6.45, 7) is 6.22. The van der Waals surface area contributed by atoms with Gasteiger partial charge in [0.25, 0.3) is 0 Å². The molecule has 2 fully saturated rings. The second kappa shape index (κ2) is 15.5. The van der Waals surface area contributed by atoms with Crippen LogP contribution in [0.15, 0.2) is 30.3 Å². The number of hydrogen-bond donors (Lipinski definition) is 6. The smallest absolute Gasteiger partial charge is 0.246 e. The molecule has 43 heavy (non-hydrogen) atoms. The summed E-state index contributed by atoms with van der Waals surface area (Å²) in [6.07, 6.45) is 1.54. The third-order valence-electron chi connectivity index (χ3n) is 8.04. The molecule has 0 aromatic heterocycles. The molecule has 6 atom stereocenters. The summed E-state index contributed by atoms with van der Waals surface area (Å²) in [4.78, 5) is 81.3. The summed E-state index contributed by atoms with van der Waals surface area (Å²) in [5.41, 5.74) is 0.727. The van der Waals surface area contributed by atoms with Gasteiger partial charge in [0.05, 0.1) is 13.2 Å². The molecule has 3 rings (SSSR count). The highest BCUT2D eigenvalue weighted by Gasteiger charge is 2.40. The zero-order chi connectivity index (χ0) is 31.7. The molecule has 2 aliphatic heterocycles. The van der Waals surface area contributed by atoms with Crippen LogP contribution in [-0.4, -0.2) is 95.4 Å². The molecule has 2 heterocycles. The van der Waals surface area contributed by atoms with E-state index in [0.29, 0.717) is 25.8 Å². The van der Waals surface area contributed by atoms with Crippen molar-refractivity contribution < 1.29 is 33.9 Å². The van der Waals surface area contributed by atoms with Gasteiger partial charge in [-0.1, -0.05) is 64.4 Å². The Kier molecular flexibility index (Phi) is 12.0. The van der Waals surface area contributed by atoms with Crippen LogP contribution in [-0.2, 0) is 35.2 Å². The van der Waals surface area contributed by atoms with Gasteiger partial charge in [-0.05, 0) is 30.2 Å². The molecule has 236 valence electrons. The topological polar surface area (TPSA) is 186 Å². The molecule has 0 bridgehead atoms. The second-order valence-corrected chi connectivity index (χ2v) is 11.6. The number of nitrogens with one attached hydrogen (secondary N) is 5. The molecule has 13 nitrogen and oxygen atoms in total. The third kappa shape index (κ3) is 8.76. The van der Waals surface area contributed by atoms with Crippen LogP contribution in [0.5, 0.6) is 0 Å². The summed E-state index contributed by atoms with van der Waals surface area (Å²) >= 11 is 0. The highest BCUT2D eigenvalue weighted by molar-refractivity contribution is 5.98. The summed E-state index contributed by atoms with van der Waals surface area (Å²) in [7, 11) is 0. The van der Waals surface area contributed by atoms with Crippen LogP contribution in [0.2, 0.25) is 0 Å². The SMILES string of the molecule is CC[C@H](C)[C@H]1NC(=O)[C@H](CO)NC(=O)[C@@H](Cc2ccccc2)NC(=O)[C@@H](C(C)C)NC(=O)CNC(=O)[C@H]2CCCN2C1=O.